The summed E-state index contributed by atoms with van der Waals surface area (Å²) in [5.74, 6) is 0.969. The Bertz CT molecular complexity index is 1980. The minimum Gasteiger partial charge on any atom is -0.493 e. The minimum atomic E-state index is -4.16. The van der Waals surface area contributed by atoms with E-state index in [0.717, 1.165) is 53.1 Å². The standard InChI is InChI=1S/C35H35ClN4O6S/c1-21-30(36)8-4-10-32(21)46-20-25-15-29(25)35(42)40-19-24-14-28(24)33-27(7-3-9-31(33)40)26-16-38-39(18-26)17-22-5-2-6-23(13-22)34(41)37-11-12-47(43,44)45/h2-10,13,16,18,24-25,28-29H,11-12,14-15,17,19-20H2,1H3,(H,37,41)(H,43,44,45)/t24-,25?,28-,29?/m0/s1. The molecule has 2 fully saturated rings. The van der Waals surface area contributed by atoms with Crippen molar-refractivity contribution >= 4 is 39.2 Å². The van der Waals surface area contributed by atoms with Crippen LogP contribution in [0.25, 0.3) is 11.1 Å². The predicted octanol–water partition coefficient (Wildman–Crippen LogP) is 5.34. The Kier molecular flexibility index (Phi) is 8.32. The van der Waals surface area contributed by atoms with E-state index < -0.39 is 21.8 Å². The zero-order valence-electron chi connectivity index (χ0n) is 25.8. The Labute approximate surface area is 278 Å². The van der Waals surface area contributed by atoms with Crippen LogP contribution >= 0.6 is 11.6 Å². The number of carbonyl (C=O) groups is 2. The van der Waals surface area contributed by atoms with E-state index >= 15 is 0 Å². The number of carbonyl (C=O) groups excluding carboxylic acids is 2. The van der Waals surface area contributed by atoms with Crippen LogP contribution in [0.2, 0.25) is 5.02 Å². The van der Waals surface area contributed by atoms with Gasteiger partial charge in [0.1, 0.15) is 5.75 Å². The van der Waals surface area contributed by atoms with E-state index in [0.29, 0.717) is 35.6 Å². The first-order valence-corrected chi connectivity index (χ1v) is 17.7. The van der Waals surface area contributed by atoms with Crippen molar-refractivity contribution in [3.8, 4) is 16.9 Å². The lowest BCUT2D eigenvalue weighted by atomic mass is 9.92. The summed E-state index contributed by atoms with van der Waals surface area (Å²) in [5.41, 5.74) is 6.40. The second kappa shape index (κ2) is 12.4. The highest BCUT2D eigenvalue weighted by atomic mass is 35.5. The van der Waals surface area contributed by atoms with Gasteiger partial charge in [0.2, 0.25) is 5.91 Å². The number of nitrogens with one attached hydrogen (secondary N) is 1. The molecule has 0 radical (unpaired) electrons. The average molecular weight is 675 g/mol. The smallest absolute Gasteiger partial charge is 0.266 e. The molecular weight excluding hydrogens is 640 g/mol. The third-order valence-corrected chi connectivity index (χ3v) is 10.5. The van der Waals surface area contributed by atoms with Gasteiger partial charge in [-0.25, -0.2) is 0 Å². The highest BCUT2D eigenvalue weighted by Crippen LogP contribution is 2.58. The molecule has 12 heteroatoms. The summed E-state index contributed by atoms with van der Waals surface area (Å²) in [4.78, 5) is 28.3. The second-order valence-electron chi connectivity index (χ2n) is 12.7. The first-order valence-electron chi connectivity index (χ1n) is 15.7. The van der Waals surface area contributed by atoms with Crippen LogP contribution in [0, 0.1) is 24.7 Å². The van der Waals surface area contributed by atoms with Gasteiger partial charge in [-0.2, -0.15) is 13.5 Å². The van der Waals surface area contributed by atoms with Crippen LogP contribution in [-0.4, -0.2) is 60.0 Å². The Hall–Kier alpha value is -4.19. The van der Waals surface area contributed by atoms with Crippen LogP contribution in [-0.2, 0) is 21.5 Å². The number of amides is 2. The molecule has 47 heavy (non-hydrogen) atoms. The van der Waals surface area contributed by atoms with Gasteiger partial charge in [-0.3, -0.25) is 18.8 Å². The summed E-state index contributed by atoms with van der Waals surface area (Å²) in [7, 11) is -4.16. The zero-order valence-corrected chi connectivity index (χ0v) is 27.4. The Morgan fingerprint density at radius 1 is 1.11 bits per heavy atom. The third-order valence-electron chi connectivity index (χ3n) is 9.38. The molecule has 3 aliphatic rings. The Morgan fingerprint density at radius 2 is 1.91 bits per heavy atom. The fourth-order valence-corrected chi connectivity index (χ4v) is 7.16. The first kappa shape index (κ1) is 31.4. The number of aromatic nitrogens is 2. The van der Waals surface area contributed by atoms with Gasteiger partial charge in [0.15, 0.2) is 0 Å². The number of hydrogen-bond acceptors (Lipinski definition) is 6. The highest BCUT2D eigenvalue weighted by Gasteiger charge is 2.52. The number of fused-ring (bicyclic) bond motifs is 3. The molecule has 0 saturated heterocycles. The van der Waals surface area contributed by atoms with Crippen molar-refractivity contribution in [2.24, 2.45) is 17.8 Å². The van der Waals surface area contributed by atoms with Crippen LogP contribution in [0.1, 0.15) is 45.8 Å². The molecule has 2 amide bonds. The summed E-state index contributed by atoms with van der Waals surface area (Å²) in [6, 6.07) is 18.8. The van der Waals surface area contributed by atoms with Crippen molar-refractivity contribution in [3.63, 3.8) is 0 Å². The van der Waals surface area contributed by atoms with Crippen molar-refractivity contribution in [1.82, 2.24) is 15.1 Å². The largest absolute Gasteiger partial charge is 0.493 e. The average Bonchev–Trinajstić information content (AvgIpc) is 3.96. The molecule has 244 valence electrons. The summed E-state index contributed by atoms with van der Waals surface area (Å²) in [6.45, 7) is 3.42. The second-order valence-corrected chi connectivity index (χ2v) is 14.7. The summed E-state index contributed by atoms with van der Waals surface area (Å²) >= 11 is 6.25. The lowest BCUT2D eigenvalue weighted by molar-refractivity contribution is -0.120. The highest BCUT2D eigenvalue weighted by molar-refractivity contribution is 7.85. The number of hydrogen-bond donors (Lipinski definition) is 2. The van der Waals surface area contributed by atoms with E-state index in [-0.39, 0.29) is 24.3 Å². The summed E-state index contributed by atoms with van der Waals surface area (Å²) in [6.07, 6.45) is 5.70. The number of nitrogens with zero attached hydrogens (tertiary/aromatic N) is 3. The maximum Gasteiger partial charge on any atom is 0.266 e. The first-order chi connectivity index (χ1) is 22.6. The van der Waals surface area contributed by atoms with Crippen LogP contribution < -0.4 is 15.0 Å². The number of benzene rings is 3. The van der Waals surface area contributed by atoms with Crippen LogP contribution in [0.4, 0.5) is 5.69 Å². The quantitative estimate of drug-likeness (QED) is 0.205. The number of anilines is 1. The van der Waals surface area contributed by atoms with Crippen molar-refractivity contribution in [2.45, 2.75) is 32.2 Å². The molecule has 2 unspecified atom stereocenters. The number of ether oxygens (including phenoxy) is 1. The lowest BCUT2D eigenvalue weighted by Gasteiger charge is -2.31. The molecule has 2 aliphatic carbocycles. The molecule has 1 aliphatic heterocycles. The molecule has 2 N–H and O–H groups in total. The van der Waals surface area contributed by atoms with Gasteiger partial charge < -0.3 is 15.0 Å². The van der Waals surface area contributed by atoms with Gasteiger partial charge in [0.05, 0.1) is 25.1 Å². The molecular formula is C35H35ClN4O6S. The fourth-order valence-electron chi connectivity index (χ4n) is 6.63. The van der Waals surface area contributed by atoms with Crippen LogP contribution in [0.15, 0.2) is 73.1 Å². The zero-order chi connectivity index (χ0) is 32.9. The number of rotatable bonds is 11. The molecule has 7 rings (SSSR count). The van der Waals surface area contributed by atoms with E-state index in [9.17, 15) is 18.0 Å². The van der Waals surface area contributed by atoms with Crippen molar-refractivity contribution < 1.29 is 27.3 Å². The molecule has 3 aromatic carbocycles. The normalized spacial score (nSPS) is 21.0. The van der Waals surface area contributed by atoms with Crippen molar-refractivity contribution in [2.75, 3.05) is 30.3 Å². The van der Waals surface area contributed by atoms with Gasteiger partial charge in [-0.05, 0) is 78.6 Å². The summed E-state index contributed by atoms with van der Waals surface area (Å²) in [5, 5.41) is 7.79. The van der Waals surface area contributed by atoms with Crippen molar-refractivity contribution in [1.29, 1.82) is 0 Å². The van der Waals surface area contributed by atoms with Gasteiger partial charge in [-0.15, -0.1) is 0 Å². The Morgan fingerprint density at radius 3 is 2.74 bits per heavy atom. The van der Waals surface area contributed by atoms with Gasteiger partial charge >= 0.3 is 0 Å². The van der Waals surface area contributed by atoms with E-state index in [2.05, 4.69) is 22.5 Å². The van der Waals surface area contributed by atoms with Gasteiger partial charge in [-0.1, -0.05) is 41.9 Å². The van der Waals surface area contributed by atoms with Crippen molar-refractivity contribution in [3.05, 3.63) is 100 Å². The molecule has 0 spiro atoms. The van der Waals surface area contributed by atoms with E-state index in [1.807, 2.05) is 59.2 Å². The van der Waals surface area contributed by atoms with Gasteiger partial charge in [0.25, 0.3) is 16.0 Å². The maximum atomic E-state index is 13.8. The summed E-state index contributed by atoms with van der Waals surface area (Å²) < 4.78 is 38.7. The molecule has 0 bridgehead atoms. The molecule has 1 aromatic heterocycles. The number of halogens is 1. The van der Waals surface area contributed by atoms with E-state index in [1.54, 1.807) is 18.2 Å². The fraction of sp³-hybridized carbons (Fsp3) is 0.343. The van der Waals surface area contributed by atoms with Crippen LogP contribution in [0.5, 0.6) is 5.75 Å². The van der Waals surface area contributed by atoms with Crippen LogP contribution in [0.3, 0.4) is 0 Å². The van der Waals surface area contributed by atoms with Gasteiger partial charge in [0, 0.05) is 58.5 Å². The van der Waals surface area contributed by atoms with E-state index in [1.165, 1.54) is 5.56 Å². The molecule has 10 nitrogen and oxygen atoms in total. The molecule has 4 aromatic rings. The molecule has 4 atom stereocenters. The predicted molar refractivity (Wildman–Crippen MR) is 178 cm³/mol. The monoisotopic (exact) mass is 674 g/mol. The maximum absolute atomic E-state index is 13.8. The SMILES string of the molecule is Cc1c(Cl)cccc1OCC1CC1C(=O)N1C[C@@H]2C[C@@H]2c2c(-c3cnn(Cc4cccc(C(=O)NCCS(=O)(=O)O)c4)c3)cccc21. The lowest BCUT2D eigenvalue weighted by Crippen LogP contribution is -2.37. The van der Waals surface area contributed by atoms with E-state index in [4.69, 9.17) is 20.9 Å². The molecule has 2 heterocycles. The minimum absolute atomic E-state index is 0.0513. The topological polar surface area (TPSA) is 131 Å². The molecule has 2 saturated carbocycles. The third kappa shape index (κ3) is 6.79. The Balaban J connectivity index is 1.03.